The Morgan fingerprint density at radius 1 is 1.00 bits per heavy atom. The topological polar surface area (TPSA) is 114 Å². The number of aromatic nitrogens is 1. The van der Waals surface area contributed by atoms with Crippen molar-refractivity contribution in [3.63, 3.8) is 0 Å². The summed E-state index contributed by atoms with van der Waals surface area (Å²) in [5, 5.41) is 0.347. The van der Waals surface area contributed by atoms with Gasteiger partial charge in [0.2, 0.25) is 5.91 Å². The minimum atomic E-state index is -3.70. The van der Waals surface area contributed by atoms with Crippen molar-refractivity contribution in [2.45, 2.75) is 30.1 Å². The molecule has 0 N–H and O–H groups in total. The molecule has 0 aliphatic heterocycles. The Bertz CT molecular complexity index is 1410. The van der Waals surface area contributed by atoms with Gasteiger partial charge in [0, 0.05) is 25.8 Å². The Labute approximate surface area is 216 Å². The van der Waals surface area contributed by atoms with Crippen LogP contribution < -0.4 is 9.64 Å². The molecule has 0 saturated heterocycles. The van der Waals surface area contributed by atoms with Gasteiger partial charge in [-0.2, -0.15) is 0 Å². The molecular weight excluding hydrogens is 522 g/mol. The summed E-state index contributed by atoms with van der Waals surface area (Å²) in [7, 11) is -5.72. The van der Waals surface area contributed by atoms with Gasteiger partial charge in [0.25, 0.3) is 0 Å². The lowest BCUT2D eigenvalue weighted by atomic mass is 10.3. The van der Waals surface area contributed by atoms with Crippen LogP contribution in [0.2, 0.25) is 0 Å². The molecule has 3 rings (SSSR count). The maximum atomic E-state index is 13.3. The van der Waals surface area contributed by atoms with Crippen molar-refractivity contribution in [1.82, 2.24) is 9.88 Å². The minimum Gasteiger partial charge on any atom is -0.497 e. The predicted octanol–water partition coefficient (Wildman–Crippen LogP) is 3.25. The molecule has 0 saturated carbocycles. The summed E-state index contributed by atoms with van der Waals surface area (Å²) in [6, 6.07) is 10.9. The third-order valence-corrected chi connectivity index (χ3v) is 9.74. The lowest BCUT2D eigenvalue weighted by Crippen LogP contribution is -2.39. The number of rotatable bonds is 12. The van der Waals surface area contributed by atoms with Crippen LogP contribution in [0.5, 0.6) is 5.75 Å². The number of hydrogen-bond acceptors (Lipinski definition) is 9. The first-order valence-corrected chi connectivity index (χ1v) is 15.8. The maximum Gasteiger partial charge on any atom is 0.229 e. The van der Waals surface area contributed by atoms with Crippen LogP contribution in [0.15, 0.2) is 52.3 Å². The highest BCUT2D eigenvalue weighted by Crippen LogP contribution is 2.33. The number of hydrogen-bond donors (Lipinski definition) is 0. The first-order chi connectivity index (χ1) is 17.0. The van der Waals surface area contributed by atoms with Crippen LogP contribution in [-0.4, -0.2) is 77.9 Å². The molecule has 9 nitrogen and oxygen atoms in total. The average Bonchev–Trinajstić information content (AvgIpc) is 3.28. The van der Waals surface area contributed by atoms with Crippen LogP contribution in [0.3, 0.4) is 0 Å². The molecule has 0 radical (unpaired) electrons. The fraction of sp³-hybridized carbons (Fsp3) is 0.417. The van der Waals surface area contributed by atoms with E-state index >= 15 is 0 Å². The van der Waals surface area contributed by atoms with E-state index in [2.05, 4.69) is 9.88 Å². The Balaban J connectivity index is 1.89. The van der Waals surface area contributed by atoms with Crippen LogP contribution in [0.4, 0.5) is 5.13 Å². The SMILES string of the molecule is CCN(CC)CCN(C(=O)CCS(=O)(=O)c1ccc(OC)cc1)c1nc2c(S(C)(=O)=O)cccc2s1. The van der Waals surface area contributed by atoms with E-state index in [4.69, 9.17) is 4.74 Å². The van der Waals surface area contributed by atoms with Crippen LogP contribution in [0.25, 0.3) is 10.2 Å². The standard InChI is InChI=1S/C24H31N3O6S3/c1-5-26(6-2)15-16-27(24-25-23-20(34-24)8-7-9-21(23)35(4,29)30)22(28)14-17-36(31,32)19-12-10-18(33-3)11-13-19/h7-13H,5-6,14-17H2,1-4H3. The number of fused-ring (bicyclic) bond motifs is 1. The minimum absolute atomic E-state index is 0.0979. The quantitative estimate of drug-likeness (QED) is 0.336. The third kappa shape index (κ3) is 6.61. The molecule has 1 amide bonds. The van der Waals surface area contributed by atoms with E-state index in [0.717, 1.165) is 19.3 Å². The summed E-state index contributed by atoms with van der Waals surface area (Å²) >= 11 is 1.21. The molecule has 0 atom stereocenters. The zero-order valence-corrected chi connectivity index (χ0v) is 23.2. The molecule has 0 unspecified atom stereocenters. The molecule has 0 bridgehead atoms. The van der Waals surface area contributed by atoms with Gasteiger partial charge in [-0.05, 0) is 49.5 Å². The molecule has 196 valence electrons. The summed E-state index contributed by atoms with van der Waals surface area (Å²) in [5.74, 6) is -0.213. The Kier molecular flexibility index (Phi) is 9.09. The van der Waals surface area contributed by atoms with Gasteiger partial charge >= 0.3 is 0 Å². The second-order valence-corrected chi connectivity index (χ2v) is 13.3. The third-order valence-electron chi connectivity index (χ3n) is 5.84. The number of sulfone groups is 2. The van der Waals surface area contributed by atoms with E-state index in [1.54, 1.807) is 24.3 Å². The number of likely N-dealkylation sites (N-methyl/N-ethyl adjacent to an activating group) is 1. The zero-order valence-electron chi connectivity index (χ0n) is 20.8. The molecule has 0 aliphatic rings. The van der Waals surface area contributed by atoms with E-state index in [-0.39, 0.29) is 27.9 Å². The summed E-state index contributed by atoms with van der Waals surface area (Å²) in [6.07, 6.45) is 0.885. The van der Waals surface area contributed by atoms with Crippen molar-refractivity contribution < 1.29 is 26.4 Å². The number of thiazole rings is 1. The van der Waals surface area contributed by atoms with Crippen molar-refractivity contribution in [1.29, 1.82) is 0 Å². The number of carbonyl (C=O) groups is 1. The predicted molar refractivity (Wildman–Crippen MR) is 143 cm³/mol. The van der Waals surface area contributed by atoms with Crippen molar-refractivity contribution >= 4 is 52.3 Å². The number of ether oxygens (including phenoxy) is 1. The molecule has 1 aromatic heterocycles. The van der Waals surface area contributed by atoms with E-state index in [9.17, 15) is 21.6 Å². The van der Waals surface area contributed by atoms with Crippen molar-refractivity contribution in [3.05, 3.63) is 42.5 Å². The second-order valence-electron chi connectivity index (χ2n) is 8.19. The summed E-state index contributed by atoms with van der Waals surface area (Å²) in [5.41, 5.74) is 0.312. The van der Waals surface area contributed by atoms with E-state index in [1.165, 1.54) is 41.5 Å². The van der Waals surface area contributed by atoms with E-state index in [0.29, 0.717) is 34.2 Å². The van der Waals surface area contributed by atoms with Gasteiger partial charge in [-0.1, -0.05) is 31.3 Å². The Hall–Kier alpha value is -2.54. The number of anilines is 1. The highest BCUT2D eigenvalue weighted by molar-refractivity contribution is 7.91. The molecule has 1 heterocycles. The Morgan fingerprint density at radius 2 is 1.67 bits per heavy atom. The van der Waals surface area contributed by atoms with Gasteiger partial charge in [-0.3, -0.25) is 9.69 Å². The number of carbonyl (C=O) groups excluding carboxylic acids is 1. The summed E-state index contributed by atoms with van der Waals surface area (Å²) in [4.78, 5) is 21.7. The lowest BCUT2D eigenvalue weighted by molar-refractivity contribution is -0.118. The number of nitrogens with zero attached hydrogens (tertiary/aromatic N) is 3. The molecule has 0 aliphatic carbocycles. The summed E-state index contributed by atoms with van der Waals surface area (Å²) in [6.45, 7) is 6.50. The number of benzene rings is 2. The van der Waals surface area contributed by atoms with Gasteiger partial charge in [-0.15, -0.1) is 0 Å². The first-order valence-electron chi connectivity index (χ1n) is 11.5. The van der Waals surface area contributed by atoms with Crippen LogP contribution in [-0.2, 0) is 24.5 Å². The average molecular weight is 554 g/mol. The molecule has 0 spiro atoms. The van der Waals surface area contributed by atoms with Crippen molar-refractivity contribution in [2.24, 2.45) is 0 Å². The second kappa shape index (κ2) is 11.7. The highest BCUT2D eigenvalue weighted by Gasteiger charge is 2.25. The number of amides is 1. The Morgan fingerprint density at radius 3 is 2.25 bits per heavy atom. The van der Waals surface area contributed by atoms with Gasteiger partial charge in [0.1, 0.15) is 11.3 Å². The highest BCUT2D eigenvalue weighted by atomic mass is 32.2. The molecule has 3 aromatic rings. The lowest BCUT2D eigenvalue weighted by Gasteiger charge is -2.24. The zero-order chi connectivity index (χ0) is 26.5. The van der Waals surface area contributed by atoms with Crippen LogP contribution in [0.1, 0.15) is 20.3 Å². The first kappa shape index (κ1) is 28.0. The molecular formula is C24H31N3O6S3. The van der Waals surface area contributed by atoms with Crippen molar-refractivity contribution in [3.8, 4) is 5.75 Å². The maximum absolute atomic E-state index is 13.3. The number of methoxy groups -OCH3 is 1. The fourth-order valence-electron chi connectivity index (χ4n) is 3.69. The van der Waals surface area contributed by atoms with Gasteiger partial charge in [-0.25, -0.2) is 21.8 Å². The molecule has 12 heteroatoms. The molecule has 36 heavy (non-hydrogen) atoms. The summed E-state index contributed by atoms with van der Waals surface area (Å²) < 4.78 is 55.9. The largest absolute Gasteiger partial charge is 0.497 e. The van der Waals surface area contributed by atoms with Crippen LogP contribution in [0, 0.1) is 0 Å². The molecule has 2 aromatic carbocycles. The van der Waals surface area contributed by atoms with E-state index < -0.39 is 19.7 Å². The van der Waals surface area contributed by atoms with Crippen LogP contribution >= 0.6 is 11.3 Å². The normalized spacial score (nSPS) is 12.2. The van der Waals surface area contributed by atoms with Crippen molar-refractivity contribution in [2.75, 3.05) is 50.2 Å². The monoisotopic (exact) mass is 553 g/mol. The number of para-hydroxylation sites is 1. The van der Waals surface area contributed by atoms with Gasteiger partial charge in [0.15, 0.2) is 24.8 Å². The smallest absolute Gasteiger partial charge is 0.229 e. The molecule has 0 fully saturated rings. The van der Waals surface area contributed by atoms with E-state index in [1.807, 2.05) is 13.8 Å². The van der Waals surface area contributed by atoms with Gasteiger partial charge < -0.3 is 9.64 Å². The fourth-order valence-corrected chi connectivity index (χ4v) is 6.85. The van der Waals surface area contributed by atoms with Gasteiger partial charge in [0.05, 0.1) is 27.4 Å².